The highest BCUT2D eigenvalue weighted by Crippen LogP contribution is 2.45. The van der Waals surface area contributed by atoms with Crippen molar-refractivity contribution in [2.75, 3.05) is 39.6 Å². The van der Waals surface area contributed by atoms with E-state index in [1.54, 1.807) is 0 Å². The molecule has 17 nitrogen and oxygen atoms in total. The Bertz CT molecular complexity index is 1620. The lowest BCUT2D eigenvalue weighted by molar-refractivity contribution is -0.161. The maximum Gasteiger partial charge on any atom is 0.472 e. The molecule has 0 saturated heterocycles. The molecule has 3 unspecified atom stereocenters. The summed E-state index contributed by atoms with van der Waals surface area (Å²) in [6, 6.07) is 0. The highest BCUT2D eigenvalue weighted by Gasteiger charge is 2.30. The van der Waals surface area contributed by atoms with Crippen molar-refractivity contribution in [3.8, 4) is 0 Å². The SMILES string of the molecule is CCCCCCCCCCCC(=O)OC[C@H](COP(=O)(O)OC[C@H](O)COP(=O)(O)OC[C@@H](COC(=O)CCCCCCCCCCC(C)CC)OC(=O)CCCCCCCCCCCC(C)C)OC(=O)CCCCCCCCCCC. The molecular weight excluding hydrogens is 1090 g/mol. The average molecular weight is 1210 g/mol. The molecule has 0 bridgehead atoms. The molecule has 0 radical (unpaired) electrons. The van der Waals surface area contributed by atoms with Crippen molar-refractivity contribution in [3.63, 3.8) is 0 Å². The molecule has 0 aliphatic heterocycles. The average Bonchev–Trinajstić information content (AvgIpc) is 3.46. The number of carbonyl (C=O) groups excluding carboxylic acids is 4. The van der Waals surface area contributed by atoms with Crippen LogP contribution in [0.3, 0.4) is 0 Å². The van der Waals surface area contributed by atoms with Crippen LogP contribution in [0, 0.1) is 11.8 Å². The van der Waals surface area contributed by atoms with E-state index in [0.29, 0.717) is 25.7 Å². The van der Waals surface area contributed by atoms with Crippen LogP contribution in [0.1, 0.15) is 311 Å². The largest absolute Gasteiger partial charge is 0.472 e. The lowest BCUT2D eigenvalue weighted by atomic mass is 9.99. The molecule has 0 heterocycles. The quantitative estimate of drug-likeness (QED) is 0.0222. The monoisotopic (exact) mass is 1210 g/mol. The van der Waals surface area contributed by atoms with E-state index < -0.39 is 97.5 Å². The van der Waals surface area contributed by atoms with Gasteiger partial charge in [-0.25, -0.2) is 9.13 Å². The molecule has 0 saturated carbocycles. The molecular formula is C63H122O17P2. The Labute approximate surface area is 498 Å². The Morgan fingerprint density at radius 1 is 0.354 bits per heavy atom. The number of phosphoric acid groups is 2. The minimum atomic E-state index is -4.94. The summed E-state index contributed by atoms with van der Waals surface area (Å²) in [7, 11) is -9.88. The number of unbranched alkanes of at least 4 members (excludes halogenated alkanes) is 31. The van der Waals surface area contributed by atoms with Crippen LogP contribution in [-0.4, -0.2) is 96.7 Å². The van der Waals surface area contributed by atoms with Gasteiger partial charge in [-0.05, 0) is 37.5 Å². The third kappa shape index (κ3) is 55.9. The summed E-state index contributed by atoms with van der Waals surface area (Å²) in [6.07, 6.45) is 37.5. The second-order valence-electron chi connectivity index (χ2n) is 23.5. The molecule has 0 aliphatic rings. The lowest BCUT2D eigenvalue weighted by Crippen LogP contribution is -2.30. The van der Waals surface area contributed by atoms with Crippen molar-refractivity contribution in [1.29, 1.82) is 0 Å². The number of aliphatic hydroxyl groups is 1. The molecule has 19 heteroatoms. The Hall–Kier alpha value is -1.94. The predicted octanol–water partition coefficient (Wildman–Crippen LogP) is 17.3. The van der Waals surface area contributed by atoms with Crippen LogP contribution in [0.4, 0.5) is 0 Å². The predicted molar refractivity (Wildman–Crippen MR) is 326 cm³/mol. The minimum Gasteiger partial charge on any atom is -0.462 e. The fourth-order valence-corrected chi connectivity index (χ4v) is 10.9. The maximum atomic E-state index is 13.0. The molecule has 0 aromatic carbocycles. The normalized spacial score (nSPS) is 14.7. The summed E-state index contributed by atoms with van der Waals surface area (Å²) < 4.78 is 67.9. The summed E-state index contributed by atoms with van der Waals surface area (Å²) in [6.45, 7) is 9.43. The highest BCUT2D eigenvalue weighted by atomic mass is 31.2. The number of esters is 4. The van der Waals surface area contributed by atoms with Crippen LogP contribution in [0.25, 0.3) is 0 Å². The number of rotatable bonds is 62. The summed E-state index contributed by atoms with van der Waals surface area (Å²) in [5, 5.41) is 10.5. The molecule has 6 atom stereocenters. The van der Waals surface area contributed by atoms with E-state index in [-0.39, 0.29) is 25.7 Å². The second kappa shape index (κ2) is 55.6. The van der Waals surface area contributed by atoms with Gasteiger partial charge in [0.25, 0.3) is 0 Å². The van der Waals surface area contributed by atoms with Crippen molar-refractivity contribution in [3.05, 3.63) is 0 Å². The van der Waals surface area contributed by atoms with Gasteiger partial charge in [0.2, 0.25) is 0 Å². The molecule has 0 spiro atoms. The molecule has 82 heavy (non-hydrogen) atoms. The van der Waals surface area contributed by atoms with E-state index in [0.717, 1.165) is 102 Å². The summed E-state index contributed by atoms with van der Waals surface area (Å²) in [5.41, 5.74) is 0. The first-order chi connectivity index (χ1) is 39.4. The van der Waals surface area contributed by atoms with Crippen LogP contribution >= 0.6 is 15.6 Å². The zero-order chi connectivity index (χ0) is 60.8. The Balaban J connectivity index is 5.24. The highest BCUT2D eigenvalue weighted by molar-refractivity contribution is 7.47. The number of carbonyl (C=O) groups is 4. The topological polar surface area (TPSA) is 237 Å². The van der Waals surface area contributed by atoms with Gasteiger partial charge in [0.1, 0.15) is 19.3 Å². The molecule has 3 N–H and O–H groups in total. The van der Waals surface area contributed by atoms with E-state index in [1.807, 2.05) is 0 Å². The van der Waals surface area contributed by atoms with Gasteiger partial charge in [-0.1, -0.05) is 260 Å². The Morgan fingerprint density at radius 2 is 0.622 bits per heavy atom. The summed E-state index contributed by atoms with van der Waals surface area (Å²) in [5.74, 6) is -0.623. The number of ether oxygens (including phenoxy) is 4. The molecule has 486 valence electrons. The van der Waals surface area contributed by atoms with Gasteiger partial charge in [-0.2, -0.15) is 0 Å². The zero-order valence-electron chi connectivity index (χ0n) is 52.8. The smallest absolute Gasteiger partial charge is 0.462 e. The first-order valence-electron chi connectivity index (χ1n) is 33.0. The van der Waals surface area contributed by atoms with Crippen molar-refractivity contribution < 1.29 is 80.2 Å². The van der Waals surface area contributed by atoms with Gasteiger partial charge < -0.3 is 33.8 Å². The van der Waals surface area contributed by atoms with Crippen LogP contribution < -0.4 is 0 Å². The molecule has 0 aliphatic carbocycles. The van der Waals surface area contributed by atoms with Crippen LogP contribution in [0.15, 0.2) is 0 Å². The van der Waals surface area contributed by atoms with Crippen molar-refractivity contribution in [2.24, 2.45) is 11.8 Å². The molecule has 0 fully saturated rings. The van der Waals surface area contributed by atoms with E-state index >= 15 is 0 Å². The first-order valence-corrected chi connectivity index (χ1v) is 36.0. The van der Waals surface area contributed by atoms with Crippen molar-refractivity contribution >= 4 is 39.5 Å². The van der Waals surface area contributed by atoms with E-state index in [1.165, 1.54) is 128 Å². The number of hydrogen-bond acceptors (Lipinski definition) is 15. The van der Waals surface area contributed by atoms with Gasteiger partial charge >= 0.3 is 39.5 Å². The van der Waals surface area contributed by atoms with Gasteiger partial charge in [-0.15, -0.1) is 0 Å². The third-order valence-electron chi connectivity index (χ3n) is 14.8. The molecule has 0 amide bonds. The molecule has 0 aromatic heterocycles. The fourth-order valence-electron chi connectivity index (χ4n) is 9.32. The zero-order valence-corrected chi connectivity index (χ0v) is 54.6. The van der Waals surface area contributed by atoms with Crippen molar-refractivity contribution in [2.45, 2.75) is 330 Å². The van der Waals surface area contributed by atoms with Crippen LogP contribution in [-0.2, 0) is 65.4 Å². The number of aliphatic hydroxyl groups excluding tert-OH is 1. The minimum absolute atomic E-state index is 0.105. The van der Waals surface area contributed by atoms with Gasteiger partial charge in [0.15, 0.2) is 12.2 Å². The van der Waals surface area contributed by atoms with E-state index in [2.05, 4.69) is 41.5 Å². The van der Waals surface area contributed by atoms with Crippen molar-refractivity contribution in [1.82, 2.24) is 0 Å². The third-order valence-corrected chi connectivity index (χ3v) is 16.7. The molecule has 0 rings (SSSR count). The lowest BCUT2D eigenvalue weighted by Gasteiger charge is -2.21. The van der Waals surface area contributed by atoms with E-state index in [9.17, 15) is 43.2 Å². The Morgan fingerprint density at radius 3 is 0.927 bits per heavy atom. The maximum absolute atomic E-state index is 13.0. The first kappa shape index (κ1) is 80.1. The molecule has 0 aromatic rings. The van der Waals surface area contributed by atoms with Gasteiger partial charge in [-0.3, -0.25) is 37.3 Å². The standard InChI is InChI=1S/C63H122O17P2/c1-7-10-12-14-16-19-27-33-39-45-60(65)73-51-58(79-62(67)47-41-35-29-20-17-15-13-11-8-2)53-77-81(69,70)75-49-57(64)50-76-82(71,72)78-54-59(80-63(68)48-42-36-30-22-18-21-25-31-37-43-55(4)5)52-74-61(66)46-40-34-28-24-23-26-32-38-44-56(6)9-3/h55-59,64H,7-54H2,1-6H3,(H,69,70)(H,71,72)/t56?,57-,58+,59+/m0/s1. The number of phosphoric ester groups is 2. The van der Waals surface area contributed by atoms with Crippen LogP contribution in [0.5, 0.6) is 0 Å². The van der Waals surface area contributed by atoms with Crippen LogP contribution in [0.2, 0.25) is 0 Å². The number of hydrogen-bond donors (Lipinski definition) is 3. The fraction of sp³-hybridized carbons (Fsp3) is 0.937. The summed E-state index contributed by atoms with van der Waals surface area (Å²) >= 11 is 0. The van der Waals surface area contributed by atoms with E-state index in [4.69, 9.17) is 37.0 Å². The Kier molecular flexibility index (Phi) is 54.3. The second-order valence-corrected chi connectivity index (χ2v) is 26.4. The summed E-state index contributed by atoms with van der Waals surface area (Å²) in [4.78, 5) is 72.1. The van der Waals surface area contributed by atoms with Gasteiger partial charge in [0.05, 0.1) is 26.4 Å². The van der Waals surface area contributed by atoms with Gasteiger partial charge in [0, 0.05) is 25.7 Å².